The zero-order valence-electron chi connectivity index (χ0n) is 18.7. The van der Waals surface area contributed by atoms with Gasteiger partial charge in [-0.1, -0.05) is 42.6 Å². The first-order valence-electron chi connectivity index (χ1n) is 11.4. The number of ether oxygens (including phenoxy) is 1. The molecular formula is C26H25ClN2O3S2. The Kier molecular flexibility index (Phi) is 6.69. The van der Waals surface area contributed by atoms with E-state index in [-0.39, 0.29) is 24.2 Å². The lowest BCUT2D eigenvalue weighted by Gasteiger charge is -2.39. The van der Waals surface area contributed by atoms with Crippen LogP contribution < -0.4 is 10.1 Å². The predicted molar refractivity (Wildman–Crippen MR) is 136 cm³/mol. The van der Waals surface area contributed by atoms with Gasteiger partial charge in [0, 0.05) is 17.4 Å². The number of ketones is 1. The van der Waals surface area contributed by atoms with Gasteiger partial charge in [-0.2, -0.15) is 11.3 Å². The summed E-state index contributed by atoms with van der Waals surface area (Å²) in [5.74, 6) is 0.755. The van der Waals surface area contributed by atoms with Crippen molar-refractivity contribution in [3.63, 3.8) is 0 Å². The average Bonchev–Trinajstić information content (AvgIpc) is 3.44. The van der Waals surface area contributed by atoms with Crippen LogP contribution in [0, 0.1) is 5.92 Å². The third-order valence-electron chi connectivity index (χ3n) is 6.25. The monoisotopic (exact) mass is 512 g/mol. The van der Waals surface area contributed by atoms with E-state index in [0.29, 0.717) is 21.5 Å². The maximum atomic E-state index is 13.4. The van der Waals surface area contributed by atoms with Gasteiger partial charge >= 0.3 is 0 Å². The van der Waals surface area contributed by atoms with E-state index in [1.807, 2.05) is 53.2 Å². The number of pyridine rings is 1. The number of hydrogen-bond acceptors (Lipinski definition) is 6. The predicted octanol–water partition coefficient (Wildman–Crippen LogP) is 5.86. The molecule has 1 aliphatic heterocycles. The molecular weight excluding hydrogens is 488 g/mol. The minimum Gasteiger partial charge on any atom is -0.475 e. The molecule has 5 nitrogen and oxygen atoms in total. The van der Waals surface area contributed by atoms with Crippen molar-refractivity contribution in [3.05, 3.63) is 75.6 Å². The van der Waals surface area contributed by atoms with Crippen LogP contribution in [-0.2, 0) is 15.1 Å². The summed E-state index contributed by atoms with van der Waals surface area (Å²) in [7, 11) is 0. The number of carbonyl (C=O) groups excluding carboxylic acids is 2. The van der Waals surface area contributed by atoms with Crippen molar-refractivity contribution in [3.8, 4) is 5.88 Å². The topological polar surface area (TPSA) is 68.3 Å². The van der Waals surface area contributed by atoms with Crippen molar-refractivity contribution in [2.45, 2.75) is 54.4 Å². The van der Waals surface area contributed by atoms with Gasteiger partial charge in [0.15, 0.2) is 5.78 Å². The van der Waals surface area contributed by atoms with E-state index in [0.717, 1.165) is 17.9 Å². The molecule has 3 aromatic rings. The molecule has 3 atom stereocenters. The second-order valence-electron chi connectivity index (χ2n) is 8.95. The van der Waals surface area contributed by atoms with Gasteiger partial charge in [0.1, 0.15) is 10.8 Å². The van der Waals surface area contributed by atoms with Gasteiger partial charge < -0.3 is 10.1 Å². The number of Topliss-reactive ketones (excluding diaryl/α,β-unsaturated/α-hetero) is 1. The Morgan fingerprint density at radius 2 is 2.03 bits per heavy atom. The lowest BCUT2D eigenvalue weighted by atomic mass is 9.79. The van der Waals surface area contributed by atoms with Crippen molar-refractivity contribution in [1.82, 2.24) is 10.3 Å². The van der Waals surface area contributed by atoms with Crippen LogP contribution in [0.5, 0.6) is 5.88 Å². The van der Waals surface area contributed by atoms with E-state index in [2.05, 4.69) is 12.2 Å². The van der Waals surface area contributed by atoms with Gasteiger partial charge in [-0.3, -0.25) is 9.59 Å². The minimum absolute atomic E-state index is 0.0614. The molecule has 0 radical (unpaired) electrons. The smallest absolute Gasteiger partial charge is 0.242 e. The third kappa shape index (κ3) is 4.88. The first-order valence-corrected chi connectivity index (χ1v) is 13.6. The molecule has 2 fully saturated rings. The molecule has 1 amide bonds. The molecule has 1 aromatic carbocycles. The minimum atomic E-state index is -1.04. The molecule has 1 saturated heterocycles. The van der Waals surface area contributed by atoms with Crippen LogP contribution in [0.3, 0.4) is 0 Å². The summed E-state index contributed by atoms with van der Waals surface area (Å²) in [4.78, 5) is 32.2. The lowest BCUT2D eigenvalue weighted by molar-refractivity contribution is -0.133. The fourth-order valence-electron chi connectivity index (χ4n) is 4.39. The van der Waals surface area contributed by atoms with Gasteiger partial charge in [0.2, 0.25) is 11.8 Å². The van der Waals surface area contributed by atoms with Crippen LogP contribution in [0.25, 0.3) is 0 Å². The quantitative estimate of drug-likeness (QED) is 0.383. The van der Waals surface area contributed by atoms with Crippen molar-refractivity contribution in [2.24, 2.45) is 5.92 Å². The molecule has 1 aliphatic carbocycles. The SMILES string of the molecule is C[C@H](CC1CC1)Oc1cccc(C2(c3ccsc3)CC(=O)C(Sc3ccccc3Cl)C(=O)N2)n1. The number of carbonyl (C=O) groups is 2. The molecule has 2 aliphatic rings. The van der Waals surface area contributed by atoms with Crippen molar-refractivity contribution in [2.75, 3.05) is 0 Å². The first kappa shape index (κ1) is 23.4. The molecule has 3 heterocycles. The van der Waals surface area contributed by atoms with Crippen LogP contribution in [0.4, 0.5) is 0 Å². The zero-order chi connectivity index (χ0) is 23.7. The van der Waals surface area contributed by atoms with Gasteiger partial charge in [-0.15, -0.1) is 11.8 Å². The summed E-state index contributed by atoms with van der Waals surface area (Å²) in [5, 5.41) is 6.71. The number of piperidine rings is 1. The van der Waals surface area contributed by atoms with E-state index in [9.17, 15) is 9.59 Å². The van der Waals surface area contributed by atoms with Crippen LogP contribution in [0.2, 0.25) is 5.02 Å². The number of nitrogens with zero attached hydrogens (tertiary/aromatic N) is 1. The number of thiophene rings is 1. The summed E-state index contributed by atoms with van der Waals surface area (Å²) < 4.78 is 6.10. The number of halogens is 1. The highest BCUT2D eigenvalue weighted by Crippen LogP contribution is 2.41. The standard InChI is InChI=1S/C26H25ClN2O3S2/c1-16(13-17-9-10-17)32-23-8-4-7-22(28-23)26(18-11-12-33-15-18)14-20(30)24(25(31)29-26)34-21-6-3-2-5-19(21)27/h2-8,11-12,15-17,24H,9-10,13-14H2,1H3,(H,29,31)/t16-,24?,26?/m1/s1. The van der Waals surface area contributed by atoms with E-state index >= 15 is 0 Å². The number of amides is 1. The first-order chi connectivity index (χ1) is 16.4. The number of aromatic nitrogens is 1. The third-order valence-corrected chi connectivity index (χ3v) is 8.69. The van der Waals surface area contributed by atoms with Gasteiger partial charge in [0.05, 0.1) is 16.8 Å². The van der Waals surface area contributed by atoms with Crippen molar-refractivity contribution in [1.29, 1.82) is 0 Å². The second kappa shape index (κ2) is 9.72. The Hall–Kier alpha value is -2.35. The van der Waals surface area contributed by atoms with Gasteiger partial charge in [-0.05, 0) is 59.9 Å². The van der Waals surface area contributed by atoms with Crippen molar-refractivity contribution >= 4 is 46.4 Å². The molecule has 34 heavy (non-hydrogen) atoms. The summed E-state index contributed by atoms with van der Waals surface area (Å²) >= 11 is 8.99. The number of hydrogen-bond donors (Lipinski definition) is 1. The van der Waals surface area contributed by atoms with Gasteiger partial charge in [0.25, 0.3) is 0 Å². The Morgan fingerprint density at radius 1 is 1.21 bits per heavy atom. The normalized spacial score (nSPS) is 23.4. The molecule has 8 heteroatoms. The van der Waals surface area contributed by atoms with E-state index in [4.69, 9.17) is 21.3 Å². The number of thioether (sulfide) groups is 1. The fraction of sp³-hybridized carbons (Fsp3) is 0.346. The molecule has 1 saturated carbocycles. The van der Waals surface area contributed by atoms with Crippen LogP contribution in [-0.4, -0.2) is 28.0 Å². The molecule has 0 spiro atoms. The number of rotatable bonds is 8. The maximum absolute atomic E-state index is 13.4. The summed E-state index contributed by atoms with van der Waals surface area (Å²) in [5.41, 5.74) is 0.408. The average molecular weight is 513 g/mol. The largest absolute Gasteiger partial charge is 0.475 e. The van der Waals surface area contributed by atoms with Crippen LogP contribution in [0.1, 0.15) is 43.9 Å². The Balaban J connectivity index is 1.44. The van der Waals surface area contributed by atoms with Crippen molar-refractivity contribution < 1.29 is 14.3 Å². The highest BCUT2D eigenvalue weighted by molar-refractivity contribution is 8.01. The molecule has 0 bridgehead atoms. The zero-order valence-corrected chi connectivity index (χ0v) is 21.1. The van der Waals surface area contributed by atoms with Crippen LogP contribution >= 0.6 is 34.7 Å². The Morgan fingerprint density at radius 3 is 2.74 bits per heavy atom. The maximum Gasteiger partial charge on any atom is 0.242 e. The molecule has 5 rings (SSSR count). The summed E-state index contributed by atoms with van der Waals surface area (Å²) in [6.45, 7) is 2.06. The number of nitrogens with one attached hydrogen (secondary N) is 1. The highest BCUT2D eigenvalue weighted by atomic mass is 35.5. The van der Waals surface area contributed by atoms with E-state index < -0.39 is 10.8 Å². The number of benzene rings is 1. The molecule has 1 N–H and O–H groups in total. The summed E-state index contributed by atoms with van der Waals surface area (Å²) in [6, 6.07) is 14.7. The fourth-order valence-corrected chi connectivity index (χ4v) is 6.36. The second-order valence-corrected chi connectivity index (χ2v) is 11.3. The van der Waals surface area contributed by atoms with E-state index in [1.165, 1.54) is 35.9 Å². The van der Waals surface area contributed by atoms with Gasteiger partial charge in [-0.25, -0.2) is 4.98 Å². The highest BCUT2D eigenvalue weighted by Gasteiger charge is 2.48. The molecule has 2 aromatic heterocycles. The summed E-state index contributed by atoms with van der Waals surface area (Å²) in [6.07, 6.45) is 3.71. The lowest BCUT2D eigenvalue weighted by Crippen LogP contribution is -2.58. The Labute approximate surface area is 212 Å². The molecule has 176 valence electrons. The van der Waals surface area contributed by atoms with Crippen LogP contribution in [0.15, 0.2) is 64.2 Å². The van der Waals surface area contributed by atoms with E-state index in [1.54, 1.807) is 6.07 Å². The molecule has 2 unspecified atom stereocenters. The Bertz CT molecular complexity index is 1180.